The summed E-state index contributed by atoms with van der Waals surface area (Å²) in [7, 11) is 0. The number of amides is 1. The third-order valence-electron chi connectivity index (χ3n) is 0.854. The number of hydrogen-bond donors (Lipinski definition) is 1. The monoisotopic (exact) mass is 135 g/mol. The van der Waals surface area contributed by atoms with Gasteiger partial charge in [0.15, 0.2) is 0 Å². The molecule has 1 amide bonds. The predicted octanol–water partition coefficient (Wildman–Crippen LogP) is 0.149. The summed E-state index contributed by atoms with van der Waals surface area (Å²) in [6.07, 6.45) is 10.5. The van der Waals surface area contributed by atoms with E-state index in [0.29, 0.717) is 13.0 Å². The average molecular weight is 135 g/mol. The Labute approximate surface area is 61.0 Å². The van der Waals surface area contributed by atoms with Gasteiger partial charge >= 0.3 is 0 Å². The quantitative estimate of drug-likeness (QED) is 0.433. The van der Waals surface area contributed by atoms with Crippen LogP contribution in [0.5, 0.6) is 0 Å². The second kappa shape index (κ2) is 5.72. The van der Waals surface area contributed by atoms with Crippen molar-refractivity contribution in [2.75, 3.05) is 6.54 Å². The third kappa shape index (κ3) is 4.74. The molecule has 10 heavy (non-hydrogen) atoms. The lowest BCUT2D eigenvalue weighted by atomic mass is 10.4. The van der Waals surface area contributed by atoms with Crippen LogP contribution in [0.3, 0.4) is 0 Å². The smallest absolute Gasteiger partial charge is 0.232 e. The first-order chi connectivity index (χ1) is 4.81. The lowest BCUT2D eigenvalue weighted by Gasteiger charge is -1.96. The summed E-state index contributed by atoms with van der Waals surface area (Å²) in [5.41, 5.74) is 0. The Bertz CT molecular complexity index is 182. The van der Waals surface area contributed by atoms with Gasteiger partial charge in [0.1, 0.15) is 0 Å². The van der Waals surface area contributed by atoms with Crippen molar-refractivity contribution in [3.8, 4) is 24.7 Å². The zero-order valence-electron chi connectivity index (χ0n) is 5.68. The lowest BCUT2D eigenvalue weighted by Crippen LogP contribution is -2.23. The maximum atomic E-state index is 10.6. The van der Waals surface area contributed by atoms with Gasteiger partial charge in [0.25, 0.3) is 0 Å². The Morgan fingerprint density at radius 1 is 1.40 bits per heavy atom. The highest BCUT2D eigenvalue weighted by Gasteiger charge is 1.93. The maximum Gasteiger partial charge on any atom is 0.232 e. The maximum absolute atomic E-state index is 10.6. The van der Waals surface area contributed by atoms with E-state index in [1.54, 1.807) is 0 Å². The van der Waals surface area contributed by atoms with Gasteiger partial charge in [0.05, 0.1) is 6.42 Å². The normalized spacial score (nSPS) is 7.40. The van der Waals surface area contributed by atoms with Crippen LogP contribution in [0.25, 0.3) is 0 Å². The number of hydrogen-bond acceptors (Lipinski definition) is 1. The fraction of sp³-hybridized carbons (Fsp3) is 0.375. The Morgan fingerprint density at radius 3 is 2.60 bits per heavy atom. The molecule has 2 nitrogen and oxygen atoms in total. The predicted molar refractivity (Wildman–Crippen MR) is 39.9 cm³/mol. The lowest BCUT2D eigenvalue weighted by molar-refractivity contribution is -0.120. The van der Waals surface area contributed by atoms with Crippen LogP contribution in [0.4, 0.5) is 0 Å². The van der Waals surface area contributed by atoms with Crippen molar-refractivity contribution in [1.29, 1.82) is 0 Å². The summed E-state index contributed by atoms with van der Waals surface area (Å²) < 4.78 is 0. The molecular weight excluding hydrogens is 126 g/mol. The van der Waals surface area contributed by atoms with Crippen LogP contribution in [-0.2, 0) is 4.79 Å². The van der Waals surface area contributed by atoms with Crippen LogP contribution in [0.1, 0.15) is 12.8 Å². The van der Waals surface area contributed by atoms with Crippen LogP contribution in [0, 0.1) is 24.7 Å². The number of terminal acetylenes is 2. The number of rotatable bonds is 3. The molecule has 0 atom stereocenters. The molecular formula is C8H9NO. The molecule has 0 radical (unpaired) electrons. The van der Waals surface area contributed by atoms with E-state index < -0.39 is 0 Å². The van der Waals surface area contributed by atoms with Crippen molar-refractivity contribution >= 4 is 5.91 Å². The van der Waals surface area contributed by atoms with Gasteiger partial charge < -0.3 is 5.32 Å². The molecule has 2 heteroatoms. The van der Waals surface area contributed by atoms with Crippen molar-refractivity contribution < 1.29 is 4.79 Å². The summed E-state index contributed by atoms with van der Waals surface area (Å²) in [6.45, 7) is 0.511. The second-order valence-electron chi connectivity index (χ2n) is 1.68. The molecule has 0 aliphatic rings. The van der Waals surface area contributed by atoms with Crippen LogP contribution in [0.15, 0.2) is 0 Å². The third-order valence-corrected chi connectivity index (χ3v) is 0.854. The highest BCUT2D eigenvalue weighted by molar-refractivity contribution is 5.78. The van der Waals surface area contributed by atoms with Gasteiger partial charge in [0, 0.05) is 13.0 Å². The van der Waals surface area contributed by atoms with Crippen LogP contribution in [0.2, 0.25) is 0 Å². The zero-order valence-corrected chi connectivity index (χ0v) is 5.68. The largest absolute Gasteiger partial charge is 0.354 e. The molecule has 0 aliphatic heterocycles. The molecule has 0 spiro atoms. The zero-order chi connectivity index (χ0) is 7.82. The van der Waals surface area contributed by atoms with E-state index in [0.717, 1.165) is 0 Å². The van der Waals surface area contributed by atoms with Gasteiger partial charge in [-0.25, -0.2) is 0 Å². The van der Waals surface area contributed by atoms with Gasteiger partial charge in [-0.2, -0.15) is 0 Å². The van der Waals surface area contributed by atoms with Crippen molar-refractivity contribution in [3.05, 3.63) is 0 Å². The second-order valence-corrected chi connectivity index (χ2v) is 1.68. The summed E-state index contributed by atoms with van der Waals surface area (Å²) >= 11 is 0. The number of nitrogens with one attached hydrogen (secondary N) is 1. The van der Waals surface area contributed by atoms with E-state index in [-0.39, 0.29) is 12.3 Å². The first-order valence-electron chi connectivity index (χ1n) is 2.95. The Morgan fingerprint density at radius 2 is 2.10 bits per heavy atom. The average Bonchev–Trinajstić information content (AvgIpc) is 1.89. The molecule has 0 aromatic carbocycles. The highest BCUT2D eigenvalue weighted by Crippen LogP contribution is 1.76. The summed E-state index contributed by atoms with van der Waals surface area (Å²) in [4.78, 5) is 10.6. The van der Waals surface area contributed by atoms with E-state index in [4.69, 9.17) is 12.8 Å². The summed E-state index contributed by atoms with van der Waals surface area (Å²) in [5.74, 6) is 4.49. The SMILES string of the molecule is C#CCCNC(=O)CC#C. The van der Waals surface area contributed by atoms with Gasteiger partial charge in [-0.15, -0.1) is 18.8 Å². The molecule has 0 saturated carbocycles. The van der Waals surface area contributed by atoms with Gasteiger partial charge in [-0.3, -0.25) is 4.79 Å². The number of carbonyl (C=O) groups excluding carboxylic acids is 1. The minimum atomic E-state index is -0.141. The first-order valence-corrected chi connectivity index (χ1v) is 2.95. The van der Waals surface area contributed by atoms with Gasteiger partial charge in [0.2, 0.25) is 5.91 Å². The van der Waals surface area contributed by atoms with E-state index >= 15 is 0 Å². The molecule has 0 unspecified atom stereocenters. The standard InChI is InChI=1S/C8H9NO/c1-3-5-7-9-8(10)6-4-2/h1-2H,5-7H2,(H,9,10). The Hall–Kier alpha value is -1.41. The van der Waals surface area contributed by atoms with Crippen LogP contribution < -0.4 is 5.32 Å². The minimum absolute atomic E-state index is 0.130. The van der Waals surface area contributed by atoms with Crippen molar-refractivity contribution in [1.82, 2.24) is 5.32 Å². The topological polar surface area (TPSA) is 29.1 Å². The van der Waals surface area contributed by atoms with Gasteiger partial charge in [-0.05, 0) is 0 Å². The number of carbonyl (C=O) groups is 1. The van der Waals surface area contributed by atoms with Crippen molar-refractivity contribution in [2.45, 2.75) is 12.8 Å². The van der Waals surface area contributed by atoms with E-state index in [9.17, 15) is 4.79 Å². The molecule has 0 heterocycles. The Balaban J connectivity index is 3.26. The van der Waals surface area contributed by atoms with E-state index in [1.165, 1.54) is 0 Å². The molecule has 0 fully saturated rings. The molecule has 0 aliphatic carbocycles. The molecule has 0 rings (SSSR count). The summed E-state index contributed by atoms with van der Waals surface area (Å²) in [6, 6.07) is 0. The first kappa shape index (κ1) is 8.59. The fourth-order valence-corrected chi connectivity index (χ4v) is 0.429. The van der Waals surface area contributed by atoms with E-state index in [2.05, 4.69) is 17.2 Å². The highest BCUT2D eigenvalue weighted by atomic mass is 16.1. The van der Waals surface area contributed by atoms with E-state index in [1.807, 2.05) is 0 Å². The molecule has 0 saturated heterocycles. The van der Waals surface area contributed by atoms with Gasteiger partial charge in [-0.1, -0.05) is 5.92 Å². The Kier molecular flexibility index (Phi) is 4.91. The molecule has 0 aromatic rings. The van der Waals surface area contributed by atoms with Crippen molar-refractivity contribution in [2.24, 2.45) is 0 Å². The fourth-order valence-electron chi connectivity index (χ4n) is 0.429. The van der Waals surface area contributed by atoms with Crippen LogP contribution >= 0.6 is 0 Å². The van der Waals surface area contributed by atoms with Crippen molar-refractivity contribution in [3.63, 3.8) is 0 Å². The molecule has 1 N–H and O–H groups in total. The molecule has 0 bridgehead atoms. The summed E-state index contributed by atoms with van der Waals surface area (Å²) in [5, 5.41) is 2.56. The van der Waals surface area contributed by atoms with Crippen LogP contribution in [-0.4, -0.2) is 12.5 Å². The molecule has 0 aromatic heterocycles. The minimum Gasteiger partial charge on any atom is -0.354 e. The molecule has 52 valence electrons.